The number of aliphatic hydroxyl groups is 1. The topological polar surface area (TPSA) is 106 Å². The summed E-state index contributed by atoms with van der Waals surface area (Å²) < 4.78 is 15.6. The molecule has 1 atom stereocenters. The van der Waals surface area contributed by atoms with Crippen molar-refractivity contribution in [3.63, 3.8) is 0 Å². The SMILES string of the molecule is COCCCN1C(=O)C(=O)/C(=C(/O)c2cc(Cl)c(OC)c(Cl)c2OC)C1c1ccc(O)c(Cl)c1. The molecule has 1 aliphatic heterocycles. The third-order valence-electron chi connectivity index (χ3n) is 5.37. The third kappa shape index (κ3) is 4.63. The van der Waals surface area contributed by atoms with Gasteiger partial charge in [0.1, 0.15) is 16.5 Å². The molecular weight excluding hydrogens is 509 g/mol. The Morgan fingerprint density at radius 1 is 1.03 bits per heavy atom. The first-order chi connectivity index (χ1) is 16.2. The highest BCUT2D eigenvalue weighted by Crippen LogP contribution is 2.47. The highest BCUT2D eigenvalue weighted by atomic mass is 35.5. The van der Waals surface area contributed by atoms with E-state index in [-0.39, 0.29) is 50.0 Å². The van der Waals surface area contributed by atoms with Crippen LogP contribution in [0.1, 0.15) is 23.6 Å². The van der Waals surface area contributed by atoms with Crippen LogP contribution in [0.5, 0.6) is 17.2 Å². The molecule has 0 spiro atoms. The van der Waals surface area contributed by atoms with Crippen molar-refractivity contribution >= 4 is 52.3 Å². The summed E-state index contributed by atoms with van der Waals surface area (Å²) in [5.74, 6) is -2.29. The Morgan fingerprint density at radius 3 is 2.29 bits per heavy atom. The fourth-order valence-corrected chi connectivity index (χ4v) is 4.70. The van der Waals surface area contributed by atoms with Crippen LogP contribution in [0.15, 0.2) is 29.8 Å². The maximum absolute atomic E-state index is 13.1. The number of ether oxygens (including phenoxy) is 3. The molecule has 0 saturated carbocycles. The van der Waals surface area contributed by atoms with E-state index in [1.54, 1.807) is 0 Å². The average Bonchev–Trinajstić information content (AvgIpc) is 3.05. The van der Waals surface area contributed by atoms with Gasteiger partial charge in [-0.3, -0.25) is 9.59 Å². The molecule has 182 valence electrons. The Kier molecular flexibility index (Phi) is 8.20. The average molecular weight is 531 g/mol. The smallest absolute Gasteiger partial charge is 0.295 e. The van der Waals surface area contributed by atoms with Gasteiger partial charge in [-0.05, 0) is 30.2 Å². The summed E-state index contributed by atoms with van der Waals surface area (Å²) in [5, 5.41) is 21.2. The van der Waals surface area contributed by atoms with Crippen LogP contribution in [-0.2, 0) is 14.3 Å². The lowest BCUT2D eigenvalue weighted by atomic mass is 9.94. The molecule has 0 radical (unpaired) electrons. The van der Waals surface area contributed by atoms with Crippen LogP contribution in [0, 0.1) is 0 Å². The zero-order valence-electron chi connectivity index (χ0n) is 18.5. The fourth-order valence-electron chi connectivity index (χ4n) is 3.82. The second-order valence-corrected chi connectivity index (χ2v) is 8.53. The summed E-state index contributed by atoms with van der Waals surface area (Å²) in [5.41, 5.74) is 0.202. The number of aliphatic hydroxyl groups excluding tert-OH is 1. The molecule has 1 fully saturated rings. The number of nitrogens with zero attached hydrogens (tertiary/aromatic N) is 1. The number of amides is 1. The van der Waals surface area contributed by atoms with Gasteiger partial charge in [0, 0.05) is 20.3 Å². The summed E-state index contributed by atoms with van der Waals surface area (Å²) in [6.07, 6.45) is 0.440. The summed E-state index contributed by atoms with van der Waals surface area (Å²) >= 11 is 18.7. The van der Waals surface area contributed by atoms with E-state index in [0.29, 0.717) is 18.6 Å². The van der Waals surface area contributed by atoms with Gasteiger partial charge in [0.25, 0.3) is 11.7 Å². The zero-order valence-corrected chi connectivity index (χ0v) is 20.8. The summed E-state index contributed by atoms with van der Waals surface area (Å²) in [4.78, 5) is 27.4. The number of hydrogen-bond acceptors (Lipinski definition) is 7. The second kappa shape index (κ2) is 10.7. The lowest BCUT2D eigenvalue weighted by molar-refractivity contribution is -0.140. The molecule has 8 nitrogen and oxygen atoms in total. The molecule has 0 bridgehead atoms. The largest absolute Gasteiger partial charge is 0.507 e. The van der Waals surface area contributed by atoms with Crippen molar-refractivity contribution in [2.45, 2.75) is 12.5 Å². The van der Waals surface area contributed by atoms with Gasteiger partial charge in [-0.2, -0.15) is 0 Å². The van der Waals surface area contributed by atoms with Crippen LogP contribution >= 0.6 is 34.8 Å². The van der Waals surface area contributed by atoms with Crippen molar-refractivity contribution in [2.75, 3.05) is 34.5 Å². The molecular formula is C23H22Cl3NO7. The van der Waals surface area contributed by atoms with Gasteiger partial charge in [0.05, 0.1) is 41.4 Å². The number of carbonyl (C=O) groups excluding carboxylic acids is 2. The molecule has 1 heterocycles. The van der Waals surface area contributed by atoms with Gasteiger partial charge in [-0.25, -0.2) is 0 Å². The van der Waals surface area contributed by atoms with Gasteiger partial charge in [0.2, 0.25) is 0 Å². The third-order valence-corrected chi connectivity index (χ3v) is 6.30. The Balaban J connectivity index is 2.27. The molecule has 1 unspecified atom stereocenters. The maximum atomic E-state index is 13.1. The molecule has 1 saturated heterocycles. The highest BCUT2D eigenvalue weighted by molar-refractivity contribution is 6.47. The predicted molar refractivity (Wildman–Crippen MR) is 128 cm³/mol. The number of hydrogen-bond donors (Lipinski definition) is 2. The van der Waals surface area contributed by atoms with E-state index < -0.39 is 23.5 Å². The van der Waals surface area contributed by atoms with Gasteiger partial charge < -0.3 is 29.3 Å². The van der Waals surface area contributed by atoms with Crippen LogP contribution in [0.4, 0.5) is 0 Å². The normalized spacial score (nSPS) is 17.4. The first kappa shape index (κ1) is 26.0. The summed E-state index contributed by atoms with van der Waals surface area (Å²) in [7, 11) is 4.22. The number of aromatic hydroxyl groups is 1. The van der Waals surface area contributed by atoms with Crippen LogP contribution in [-0.4, -0.2) is 61.3 Å². The van der Waals surface area contributed by atoms with E-state index >= 15 is 0 Å². The quantitative estimate of drug-likeness (QED) is 0.218. The molecule has 1 aliphatic rings. The Hall–Kier alpha value is -2.65. The monoisotopic (exact) mass is 529 g/mol. The van der Waals surface area contributed by atoms with Gasteiger partial charge in [0.15, 0.2) is 11.5 Å². The molecule has 11 heteroatoms. The van der Waals surface area contributed by atoms with Crippen LogP contribution in [0.2, 0.25) is 15.1 Å². The lowest BCUT2D eigenvalue weighted by Gasteiger charge is -2.25. The minimum absolute atomic E-state index is 0.00284. The molecule has 0 aliphatic carbocycles. The van der Waals surface area contributed by atoms with Crippen LogP contribution < -0.4 is 9.47 Å². The minimum Gasteiger partial charge on any atom is -0.507 e. The van der Waals surface area contributed by atoms with E-state index in [0.717, 1.165) is 0 Å². The molecule has 0 aromatic heterocycles. The van der Waals surface area contributed by atoms with Crippen molar-refractivity contribution in [3.8, 4) is 17.2 Å². The molecule has 2 aromatic rings. The van der Waals surface area contributed by atoms with Gasteiger partial charge in [-0.15, -0.1) is 0 Å². The summed E-state index contributed by atoms with van der Waals surface area (Å²) in [6.45, 7) is 0.517. The number of halogens is 3. The van der Waals surface area contributed by atoms with Crippen molar-refractivity contribution in [1.82, 2.24) is 4.90 Å². The molecule has 1 amide bonds. The molecule has 2 N–H and O–H groups in total. The number of ketones is 1. The number of phenolic OH excluding ortho intramolecular Hbond substituents is 1. The number of likely N-dealkylation sites (tertiary alicyclic amines) is 1. The standard InChI is InChI=1S/C23H22Cl3NO7/c1-32-8-4-7-27-18(11-5-6-15(28)13(24)9-11)16(20(30)23(27)31)19(29)12-10-14(25)22(34-3)17(26)21(12)33-2/h5-6,9-10,18,28-29H,4,7-8H2,1-3H3/b19-16+. The first-order valence-electron chi connectivity index (χ1n) is 10.0. The van der Waals surface area contributed by atoms with E-state index in [9.17, 15) is 19.8 Å². The number of Topliss-reactive ketones (excluding diaryl/α,β-unsaturated/α-hetero) is 1. The lowest BCUT2D eigenvalue weighted by Crippen LogP contribution is -2.31. The molecule has 2 aromatic carbocycles. The minimum atomic E-state index is -1.00. The number of rotatable bonds is 8. The van der Waals surface area contributed by atoms with E-state index in [1.165, 1.54) is 50.5 Å². The molecule has 34 heavy (non-hydrogen) atoms. The summed E-state index contributed by atoms with van der Waals surface area (Å²) in [6, 6.07) is 4.61. The van der Waals surface area contributed by atoms with Crippen molar-refractivity contribution in [3.05, 3.63) is 56.0 Å². The van der Waals surface area contributed by atoms with Crippen molar-refractivity contribution in [1.29, 1.82) is 0 Å². The fraction of sp³-hybridized carbons (Fsp3) is 0.304. The van der Waals surface area contributed by atoms with Gasteiger partial charge >= 0.3 is 0 Å². The van der Waals surface area contributed by atoms with Crippen molar-refractivity contribution in [2.24, 2.45) is 0 Å². The zero-order chi connectivity index (χ0) is 25.2. The first-order valence-corrected chi connectivity index (χ1v) is 11.2. The van der Waals surface area contributed by atoms with E-state index in [4.69, 9.17) is 49.0 Å². The Labute approximate surface area is 211 Å². The highest BCUT2D eigenvalue weighted by Gasteiger charge is 2.46. The number of carbonyl (C=O) groups is 2. The predicted octanol–water partition coefficient (Wildman–Crippen LogP) is 4.83. The number of phenols is 1. The van der Waals surface area contributed by atoms with E-state index in [2.05, 4.69) is 0 Å². The Morgan fingerprint density at radius 2 is 1.71 bits per heavy atom. The Bertz CT molecular complexity index is 1170. The number of methoxy groups -OCH3 is 3. The van der Waals surface area contributed by atoms with Crippen LogP contribution in [0.3, 0.4) is 0 Å². The molecule has 3 rings (SSSR count). The number of benzene rings is 2. The van der Waals surface area contributed by atoms with Crippen molar-refractivity contribution < 1.29 is 34.0 Å². The van der Waals surface area contributed by atoms with Gasteiger partial charge in [-0.1, -0.05) is 40.9 Å². The van der Waals surface area contributed by atoms with E-state index in [1.807, 2.05) is 0 Å². The van der Waals surface area contributed by atoms with Crippen LogP contribution in [0.25, 0.3) is 5.76 Å². The maximum Gasteiger partial charge on any atom is 0.295 e. The second-order valence-electron chi connectivity index (χ2n) is 7.34.